The molecule has 2 heterocycles. The molecule has 1 aromatic carbocycles. The van der Waals surface area contributed by atoms with Crippen molar-refractivity contribution >= 4 is 17.5 Å². The van der Waals surface area contributed by atoms with Gasteiger partial charge in [0, 0.05) is 37.0 Å². The van der Waals surface area contributed by atoms with Crippen molar-refractivity contribution in [3.63, 3.8) is 0 Å². The van der Waals surface area contributed by atoms with Gasteiger partial charge in [0.2, 0.25) is 0 Å². The number of aryl methyl sites for hydroxylation is 1. The van der Waals surface area contributed by atoms with Crippen LogP contribution in [-0.4, -0.2) is 33.8 Å². The largest absolute Gasteiger partial charge is 0.359 e. The van der Waals surface area contributed by atoms with Crippen LogP contribution in [-0.2, 0) is 5.41 Å². The number of hydrogen-bond acceptors (Lipinski definition) is 5. The van der Waals surface area contributed by atoms with Crippen LogP contribution in [0.3, 0.4) is 0 Å². The second-order valence-electron chi connectivity index (χ2n) is 8.57. The minimum absolute atomic E-state index is 0.00301. The van der Waals surface area contributed by atoms with E-state index in [1.54, 1.807) is 0 Å². The lowest BCUT2D eigenvalue weighted by molar-refractivity contribution is 0.591. The summed E-state index contributed by atoms with van der Waals surface area (Å²) in [5.41, 5.74) is 3.29. The Bertz CT molecular complexity index is 954. The Morgan fingerprint density at radius 2 is 1.83 bits per heavy atom. The van der Waals surface area contributed by atoms with E-state index in [4.69, 9.17) is 9.97 Å². The van der Waals surface area contributed by atoms with E-state index in [2.05, 4.69) is 73.4 Å². The van der Waals surface area contributed by atoms with E-state index >= 15 is 0 Å². The van der Waals surface area contributed by atoms with E-state index in [1.165, 1.54) is 5.56 Å². The molecule has 0 aliphatic heterocycles. The summed E-state index contributed by atoms with van der Waals surface area (Å²) in [6, 6.07) is 12.3. The number of H-pyrrole nitrogens is 1. The highest BCUT2D eigenvalue weighted by Crippen LogP contribution is 2.33. The van der Waals surface area contributed by atoms with Gasteiger partial charge in [-0.2, -0.15) is 5.10 Å². The van der Waals surface area contributed by atoms with Crippen LogP contribution in [0.2, 0.25) is 0 Å². The SMILES string of the molecule is CCCCN(C)c1cc(Nc2cc(C)[nH]n2)nc(-c2ccccc2C(C)(C)C)n1. The third kappa shape index (κ3) is 5.13. The molecule has 29 heavy (non-hydrogen) atoms. The predicted octanol–water partition coefficient (Wildman–Crippen LogP) is 5.45. The van der Waals surface area contributed by atoms with Crippen molar-refractivity contribution in [1.82, 2.24) is 20.2 Å². The van der Waals surface area contributed by atoms with Gasteiger partial charge in [-0.25, -0.2) is 9.97 Å². The fourth-order valence-electron chi connectivity index (χ4n) is 3.27. The molecule has 0 amide bonds. The van der Waals surface area contributed by atoms with Crippen molar-refractivity contribution in [3.8, 4) is 11.4 Å². The quantitative estimate of drug-likeness (QED) is 0.559. The molecule has 154 valence electrons. The Labute approximate surface area is 173 Å². The Hall–Kier alpha value is -2.89. The molecule has 0 atom stereocenters. The second kappa shape index (κ2) is 8.64. The van der Waals surface area contributed by atoms with Gasteiger partial charge in [0.1, 0.15) is 11.6 Å². The van der Waals surface area contributed by atoms with Gasteiger partial charge in [-0.15, -0.1) is 0 Å². The molecule has 2 N–H and O–H groups in total. The molecular weight excluding hydrogens is 360 g/mol. The molecule has 0 saturated heterocycles. The molecule has 0 spiro atoms. The first-order valence-corrected chi connectivity index (χ1v) is 10.3. The van der Waals surface area contributed by atoms with E-state index in [1.807, 2.05) is 25.1 Å². The molecule has 3 aromatic rings. The highest BCUT2D eigenvalue weighted by molar-refractivity contribution is 5.67. The maximum absolute atomic E-state index is 4.92. The average Bonchev–Trinajstić information content (AvgIpc) is 3.09. The van der Waals surface area contributed by atoms with Gasteiger partial charge in [0.25, 0.3) is 0 Å². The number of unbranched alkanes of at least 4 members (excludes halogenated alkanes) is 1. The van der Waals surface area contributed by atoms with E-state index < -0.39 is 0 Å². The zero-order valence-corrected chi connectivity index (χ0v) is 18.4. The first kappa shape index (κ1) is 20.8. The number of aromatic nitrogens is 4. The van der Waals surface area contributed by atoms with Crippen LogP contribution in [0.25, 0.3) is 11.4 Å². The minimum atomic E-state index is -0.00301. The first-order valence-electron chi connectivity index (χ1n) is 10.3. The van der Waals surface area contributed by atoms with Crippen LogP contribution in [0.5, 0.6) is 0 Å². The summed E-state index contributed by atoms with van der Waals surface area (Å²) in [4.78, 5) is 12.0. The van der Waals surface area contributed by atoms with Crippen molar-refractivity contribution < 1.29 is 0 Å². The van der Waals surface area contributed by atoms with Crippen LogP contribution in [0.1, 0.15) is 51.8 Å². The Balaban J connectivity index is 2.07. The van der Waals surface area contributed by atoms with Crippen molar-refractivity contribution in [2.45, 2.75) is 52.9 Å². The molecule has 0 saturated carbocycles. The molecule has 0 bridgehead atoms. The monoisotopic (exact) mass is 392 g/mol. The lowest BCUT2D eigenvalue weighted by Crippen LogP contribution is -2.20. The Morgan fingerprint density at radius 3 is 2.48 bits per heavy atom. The number of aromatic amines is 1. The molecular formula is C23H32N6. The summed E-state index contributed by atoms with van der Waals surface area (Å²) in [5.74, 6) is 3.12. The zero-order valence-electron chi connectivity index (χ0n) is 18.4. The van der Waals surface area contributed by atoms with Crippen LogP contribution in [0.15, 0.2) is 36.4 Å². The molecule has 6 nitrogen and oxygen atoms in total. The molecule has 0 aliphatic carbocycles. The maximum atomic E-state index is 4.92. The topological polar surface area (TPSA) is 69.7 Å². The minimum Gasteiger partial charge on any atom is -0.359 e. The van der Waals surface area contributed by atoms with Gasteiger partial charge in [0.05, 0.1) is 0 Å². The maximum Gasteiger partial charge on any atom is 0.164 e. The number of benzene rings is 1. The summed E-state index contributed by atoms with van der Waals surface area (Å²) in [7, 11) is 2.08. The van der Waals surface area contributed by atoms with Gasteiger partial charge < -0.3 is 10.2 Å². The summed E-state index contributed by atoms with van der Waals surface area (Å²) in [5, 5.41) is 10.6. The zero-order chi connectivity index (χ0) is 21.0. The van der Waals surface area contributed by atoms with Crippen molar-refractivity contribution in [1.29, 1.82) is 0 Å². The van der Waals surface area contributed by atoms with E-state index in [0.29, 0.717) is 0 Å². The predicted molar refractivity (Wildman–Crippen MR) is 121 cm³/mol. The van der Waals surface area contributed by atoms with E-state index in [9.17, 15) is 0 Å². The lowest BCUT2D eigenvalue weighted by Gasteiger charge is -2.24. The van der Waals surface area contributed by atoms with E-state index in [0.717, 1.165) is 53.9 Å². The molecule has 6 heteroatoms. The van der Waals surface area contributed by atoms with Gasteiger partial charge in [-0.1, -0.05) is 58.4 Å². The number of hydrogen-bond donors (Lipinski definition) is 2. The first-order chi connectivity index (χ1) is 13.8. The number of nitrogens with one attached hydrogen (secondary N) is 2. The van der Waals surface area contributed by atoms with Crippen LogP contribution < -0.4 is 10.2 Å². The summed E-state index contributed by atoms with van der Waals surface area (Å²) in [6.45, 7) is 11.8. The number of anilines is 3. The summed E-state index contributed by atoms with van der Waals surface area (Å²) < 4.78 is 0. The smallest absolute Gasteiger partial charge is 0.164 e. The van der Waals surface area contributed by atoms with Crippen LogP contribution in [0.4, 0.5) is 17.5 Å². The molecule has 3 rings (SSSR count). The number of nitrogens with zero attached hydrogens (tertiary/aromatic N) is 4. The molecule has 0 unspecified atom stereocenters. The molecule has 0 fully saturated rings. The normalized spacial score (nSPS) is 11.5. The van der Waals surface area contributed by atoms with Gasteiger partial charge >= 0.3 is 0 Å². The van der Waals surface area contributed by atoms with Gasteiger partial charge in [0.15, 0.2) is 11.6 Å². The lowest BCUT2D eigenvalue weighted by atomic mass is 9.83. The van der Waals surface area contributed by atoms with E-state index in [-0.39, 0.29) is 5.41 Å². The molecule has 0 aliphatic rings. The summed E-state index contributed by atoms with van der Waals surface area (Å²) in [6.07, 6.45) is 2.27. The average molecular weight is 393 g/mol. The molecule has 2 aromatic heterocycles. The fraction of sp³-hybridized carbons (Fsp3) is 0.435. The Kier molecular flexibility index (Phi) is 6.20. The van der Waals surface area contributed by atoms with Crippen molar-refractivity contribution in [3.05, 3.63) is 47.7 Å². The summed E-state index contributed by atoms with van der Waals surface area (Å²) >= 11 is 0. The molecule has 0 radical (unpaired) electrons. The van der Waals surface area contributed by atoms with Crippen LogP contribution >= 0.6 is 0 Å². The Morgan fingerprint density at radius 1 is 1.07 bits per heavy atom. The van der Waals surface area contributed by atoms with Gasteiger partial charge in [-0.3, -0.25) is 5.10 Å². The fourth-order valence-corrected chi connectivity index (χ4v) is 3.27. The third-order valence-electron chi connectivity index (χ3n) is 4.89. The van der Waals surface area contributed by atoms with Crippen molar-refractivity contribution in [2.24, 2.45) is 0 Å². The highest BCUT2D eigenvalue weighted by Gasteiger charge is 2.21. The standard InChI is InChI=1S/C23H32N6/c1-7-8-13-29(6)21-15-19(24-20-14-16(2)27-28-20)25-22(26-21)17-11-9-10-12-18(17)23(3,4)5/h9-12,14-15H,7-8,13H2,1-6H3,(H2,24,25,26,27,28). The number of rotatable bonds is 7. The second-order valence-corrected chi connectivity index (χ2v) is 8.57. The van der Waals surface area contributed by atoms with Gasteiger partial charge in [-0.05, 0) is 24.3 Å². The van der Waals surface area contributed by atoms with Crippen molar-refractivity contribution in [2.75, 3.05) is 23.8 Å². The van der Waals surface area contributed by atoms with Crippen LogP contribution in [0, 0.1) is 6.92 Å². The third-order valence-corrected chi connectivity index (χ3v) is 4.89. The highest BCUT2D eigenvalue weighted by atomic mass is 15.2.